The monoisotopic (exact) mass is 590 g/mol. The average Bonchev–Trinajstić information content (AvgIpc) is 3.04. The zero-order valence-electron chi connectivity index (χ0n) is 23.9. The topological polar surface area (TPSA) is 0 Å². The molecule has 41 heavy (non-hydrogen) atoms. The van der Waals surface area contributed by atoms with Crippen molar-refractivity contribution in [1.29, 1.82) is 0 Å². The molecular weight excluding hydrogens is 553 g/mol. The van der Waals surface area contributed by atoms with E-state index >= 15 is 0 Å². The van der Waals surface area contributed by atoms with E-state index in [1.165, 1.54) is 52.1 Å². The van der Waals surface area contributed by atoms with Gasteiger partial charge in [-0.2, -0.15) is 0 Å². The maximum absolute atomic E-state index is 3.04. The summed E-state index contributed by atoms with van der Waals surface area (Å²) in [6.45, 7) is 4.28. The van der Waals surface area contributed by atoms with Gasteiger partial charge < -0.3 is 0 Å². The third-order valence-corrected chi connectivity index (χ3v) is 18.8. The second-order valence-electron chi connectivity index (χ2n) is 11.1. The summed E-state index contributed by atoms with van der Waals surface area (Å²) in [5, 5.41) is 1.15. The molecule has 0 aromatic heterocycles. The molecule has 0 aliphatic rings. The molecule has 0 bridgehead atoms. The van der Waals surface area contributed by atoms with Crippen molar-refractivity contribution in [3.05, 3.63) is 174 Å². The molecule has 0 saturated heterocycles. The molecule has 0 unspecified atom stereocenters. The van der Waals surface area contributed by atoms with E-state index in [-0.39, 0.29) is 0 Å². The van der Waals surface area contributed by atoms with E-state index in [0.717, 1.165) is 11.7 Å². The van der Waals surface area contributed by atoms with Crippen LogP contribution in [0.5, 0.6) is 0 Å². The first-order valence-corrected chi connectivity index (χ1v) is 19.2. The zero-order valence-corrected chi connectivity index (χ0v) is 26.0. The summed E-state index contributed by atoms with van der Waals surface area (Å²) >= 11 is -3.04. The van der Waals surface area contributed by atoms with Crippen molar-refractivity contribution in [2.45, 2.75) is 25.5 Å². The van der Waals surface area contributed by atoms with Crippen LogP contribution in [0.4, 0.5) is 0 Å². The van der Waals surface area contributed by atoms with Gasteiger partial charge in [-0.25, -0.2) is 0 Å². The van der Waals surface area contributed by atoms with Gasteiger partial charge in [0.15, 0.2) is 0 Å². The minimum atomic E-state index is -3.04. The summed E-state index contributed by atoms with van der Waals surface area (Å²) in [5.74, 6) is 0. The van der Waals surface area contributed by atoms with Crippen LogP contribution in [0.25, 0.3) is 22.3 Å². The first-order chi connectivity index (χ1) is 20.1. The summed E-state index contributed by atoms with van der Waals surface area (Å²) in [6, 6.07) is 59.1. The molecule has 6 aromatic carbocycles. The molecule has 0 fully saturated rings. The van der Waals surface area contributed by atoms with E-state index in [2.05, 4.69) is 172 Å². The van der Waals surface area contributed by atoms with Crippen molar-refractivity contribution in [3.63, 3.8) is 0 Å². The molecule has 0 N–H and O–H groups in total. The van der Waals surface area contributed by atoms with Crippen LogP contribution in [0.2, 0.25) is 5.25 Å². The van der Waals surface area contributed by atoms with E-state index in [4.69, 9.17) is 0 Å². The Labute approximate surface area is 247 Å². The number of hydrogen-bond donors (Lipinski definition) is 0. The molecule has 1 heteroatoms. The van der Waals surface area contributed by atoms with Crippen LogP contribution in [0.15, 0.2) is 158 Å². The Kier molecular flexibility index (Phi) is 8.03. The number of benzene rings is 6. The fraction of sp³-hybridized carbons (Fsp3) is 0.100. The molecule has 6 aromatic rings. The zero-order chi connectivity index (χ0) is 28.1. The molecule has 0 aliphatic carbocycles. The van der Waals surface area contributed by atoms with Crippen LogP contribution in [0.3, 0.4) is 0 Å². The molecule has 6 rings (SSSR count). The normalized spacial score (nSPS) is 11.4. The van der Waals surface area contributed by atoms with Crippen molar-refractivity contribution >= 4 is 26.5 Å². The van der Waals surface area contributed by atoms with E-state index in [1.54, 1.807) is 0 Å². The Balaban J connectivity index is 1.39. The summed E-state index contributed by atoms with van der Waals surface area (Å²) in [4.78, 5) is 0. The Morgan fingerprint density at radius 3 is 1.12 bits per heavy atom. The molecule has 0 saturated carbocycles. The van der Waals surface area contributed by atoms with Crippen molar-refractivity contribution in [3.8, 4) is 22.3 Å². The predicted octanol–water partition coefficient (Wildman–Crippen LogP) is 8.35. The molecule has 200 valence electrons. The second kappa shape index (κ2) is 12.2. The van der Waals surface area contributed by atoms with E-state index < -0.39 is 13.3 Å². The van der Waals surface area contributed by atoms with Gasteiger partial charge in [0.05, 0.1) is 0 Å². The maximum atomic E-state index is 2.43. The Morgan fingerprint density at radius 1 is 0.366 bits per heavy atom. The van der Waals surface area contributed by atoms with Gasteiger partial charge in [-0.3, -0.25) is 0 Å². The Bertz CT molecular complexity index is 1640. The van der Waals surface area contributed by atoms with Crippen LogP contribution in [0.1, 0.15) is 16.7 Å². The van der Waals surface area contributed by atoms with Crippen LogP contribution < -0.4 is 13.2 Å². The van der Waals surface area contributed by atoms with Crippen molar-refractivity contribution in [1.82, 2.24) is 0 Å². The van der Waals surface area contributed by atoms with Gasteiger partial charge in [-0.15, -0.1) is 0 Å². The summed E-state index contributed by atoms with van der Waals surface area (Å²) in [7, 11) is 0. The van der Waals surface area contributed by atoms with Gasteiger partial charge in [0.2, 0.25) is 0 Å². The summed E-state index contributed by atoms with van der Waals surface area (Å²) < 4.78 is 4.53. The summed E-state index contributed by atoms with van der Waals surface area (Å²) in [6.07, 6.45) is 1.05. The molecule has 0 heterocycles. The van der Waals surface area contributed by atoms with Crippen LogP contribution in [-0.2, 0) is 6.42 Å². The van der Waals surface area contributed by atoms with Gasteiger partial charge in [0.1, 0.15) is 0 Å². The first-order valence-electron chi connectivity index (χ1n) is 14.6. The molecule has 0 spiro atoms. The molecular formula is C40H36Ge. The van der Waals surface area contributed by atoms with Gasteiger partial charge in [0.25, 0.3) is 0 Å². The quantitative estimate of drug-likeness (QED) is 0.157. The number of rotatable bonds is 8. The minimum absolute atomic E-state index is 1.05. The van der Waals surface area contributed by atoms with Crippen molar-refractivity contribution in [2.75, 3.05) is 0 Å². The molecule has 0 aliphatic heterocycles. The van der Waals surface area contributed by atoms with Gasteiger partial charge in [-0.05, 0) is 0 Å². The van der Waals surface area contributed by atoms with Crippen LogP contribution in [-0.4, -0.2) is 13.3 Å². The third kappa shape index (κ3) is 5.85. The third-order valence-electron chi connectivity index (χ3n) is 8.42. The van der Waals surface area contributed by atoms with E-state index in [1.807, 2.05) is 0 Å². The van der Waals surface area contributed by atoms with E-state index in [9.17, 15) is 0 Å². The molecule has 0 radical (unpaired) electrons. The molecule has 0 amide bonds. The van der Waals surface area contributed by atoms with Crippen molar-refractivity contribution in [2.24, 2.45) is 0 Å². The van der Waals surface area contributed by atoms with Gasteiger partial charge >= 0.3 is 249 Å². The number of aryl methyl sites for hydroxylation is 3. The Hall–Kier alpha value is -4.14. The fourth-order valence-corrected chi connectivity index (χ4v) is 16.1. The van der Waals surface area contributed by atoms with Gasteiger partial charge in [-0.1, -0.05) is 0 Å². The van der Waals surface area contributed by atoms with Crippen molar-refractivity contribution < 1.29 is 0 Å². The Morgan fingerprint density at radius 2 is 0.707 bits per heavy atom. The van der Waals surface area contributed by atoms with E-state index in [0.29, 0.717) is 0 Å². The second-order valence-corrected chi connectivity index (χ2v) is 19.6. The SMILES string of the molecule is Cc1ccc(-c2ccc(C[CH2][Ge]([c]3ccccc3)([c]3ccccc3)[c]3ccc(-c4ccc(C)cc4)cc3)cc2)cc1. The molecule has 0 atom stereocenters. The van der Waals surface area contributed by atoms with Gasteiger partial charge in [0, 0.05) is 0 Å². The van der Waals surface area contributed by atoms with Crippen LogP contribution in [0, 0.1) is 13.8 Å². The predicted molar refractivity (Wildman–Crippen MR) is 179 cm³/mol. The standard InChI is InChI=1S/C40H36Ge/c1-31-13-19-34(20-14-31)36-23-17-33(18-24-36)29-30-41(38-9-5-3-6-10-38,39-11-7-4-8-12-39)40-27-25-37(26-28-40)35-21-15-32(2)16-22-35/h3-28H,29-30H2,1-2H3. The first kappa shape index (κ1) is 27.1. The molecule has 0 nitrogen and oxygen atoms in total. The van der Waals surface area contributed by atoms with Crippen LogP contribution >= 0.6 is 0 Å². The summed E-state index contributed by atoms with van der Waals surface area (Å²) in [5.41, 5.74) is 9.09. The average molecular weight is 589 g/mol. The fourth-order valence-electron chi connectivity index (χ4n) is 6.01. The number of hydrogen-bond acceptors (Lipinski definition) is 0.